The van der Waals surface area contributed by atoms with Crippen molar-refractivity contribution in [3.63, 3.8) is 0 Å². The number of rotatable bonds is 7. The van der Waals surface area contributed by atoms with Crippen LogP contribution >= 0.6 is 0 Å². The number of para-hydroxylation sites is 2. The van der Waals surface area contributed by atoms with Gasteiger partial charge in [0, 0.05) is 43.8 Å². The van der Waals surface area contributed by atoms with Crippen molar-refractivity contribution >= 4 is 43.6 Å². The molecule has 0 aliphatic carbocycles. The second-order valence-electron chi connectivity index (χ2n) is 17.0. The fraction of sp³-hybridized carbons (Fsp3) is 0.0690. The van der Waals surface area contributed by atoms with Gasteiger partial charge in [-0.05, 0) is 112 Å². The molecular formula is C58H40N10. The largest absolute Gasteiger partial charge is 0.308 e. The molecule has 322 valence electrons. The average molecular weight is 877 g/mol. The maximum atomic E-state index is 11.7. The van der Waals surface area contributed by atoms with E-state index >= 15 is 0 Å². The van der Waals surface area contributed by atoms with Crippen molar-refractivity contribution < 1.29 is 0 Å². The Labute approximate surface area is 391 Å². The number of nitrogens with zero attached hydrogens (tertiary/aromatic N) is 10. The van der Waals surface area contributed by atoms with E-state index in [1.807, 2.05) is 64.1 Å². The Kier molecular flexibility index (Phi) is 9.51. The summed E-state index contributed by atoms with van der Waals surface area (Å²) in [5, 5.41) is 15.8. The fourth-order valence-corrected chi connectivity index (χ4v) is 9.69. The van der Waals surface area contributed by atoms with Crippen LogP contribution in [0.2, 0.25) is 0 Å². The Bertz CT molecular complexity index is 3740. The molecule has 12 aromatic rings. The molecule has 5 heterocycles. The third-order valence-electron chi connectivity index (χ3n) is 12.6. The van der Waals surface area contributed by atoms with Crippen molar-refractivity contribution in [3.8, 4) is 73.9 Å². The summed E-state index contributed by atoms with van der Waals surface area (Å²) in [6.07, 6.45) is 0. The number of hydrogen-bond donors (Lipinski definition) is 0. The van der Waals surface area contributed by atoms with Crippen molar-refractivity contribution in [2.75, 3.05) is 0 Å². The van der Waals surface area contributed by atoms with Crippen LogP contribution in [0.25, 0.3) is 111 Å². The number of benzene rings is 7. The van der Waals surface area contributed by atoms with E-state index in [1.165, 1.54) is 0 Å². The zero-order valence-corrected chi connectivity index (χ0v) is 37.6. The smallest absolute Gasteiger partial charge is 0.163 e. The summed E-state index contributed by atoms with van der Waals surface area (Å²) in [6.45, 7) is 7.55. The Morgan fingerprint density at radius 3 is 1.15 bits per heavy atom. The van der Waals surface area contributed by atoms with Gasteiger partial charge >= 0.3 is 0 Å². The van der Waals surface area contributed by atoms with Gasteiger partial charge in [-0.1, -0.05) is 97.1 Å². The van der Waals surface area contributed by atoms with Gasteiger partial charge in [-0.3, -0.25) is 0 Å². The highest BCUT2D eigenvalue weighted by Crippen LogP contribution is 2.42. The summed E-state index contributed by atoms with van der Waals surface area (Å²) in [4.78, 5) is 33.0. The quantitative estimate of drug-likeness (QED) is 0.155. The Morgan fingerprint density at radius 1 is 0.338 bits per heavy atom. The zero-order chi connectivity index (χ0) is 46.0. The highest BCUT2D eigenvalue weighted by Gasteiger charge is 2.24. The molecule has 0 radical (unpaired) electrons. The second-order valence-corrected chi connectivity index (χ2v) is 17.0. The fourth-order valence-electron chi connectivity index (χ4n) is 9.69. The van der Waals surface area contributed by atoms with Crippen LogP contribution in [-0.2, 0) is 0 Å². The Balaban J connectivity index is 1.18. The summed E-state index contributed by atoms with van der Waals surface area (Å²) < 4.78 is 4.47. The van der Waals surface area contributed by atoms with Crippen LogP contribution in [-0.4, -0.2) is 44.0 Å². The molecule has 12 rings (SSSR count). The van der Waals surface area contributed by atoms with Crippen LogP contribution in [0.1, 0.15) is 28.9 Å². The molecule has 0 saturated heterocycles. The first kappa shape index (κ1) is 40.3. The molecule has 0 fully saturated rings. The molecule has 0 amide bonds. The molecule has 7 aromatic carbocycles. The van der Waals surface area contributed by atoms with Gasteiger partial charge in [0.25, 0.3) is 0 Å². The van der Waals surface area contributed by atoms with E-state index in [0.717, 1.165) is 99.8 Å². The number of pyridine rings is 1. The van der Waals surface area contributed by atoms with Crippen molar-refractivity contribution in [1.29, 1.82) is 5.26 Å². The van der Waals surface area contributed by atoms with Crippen LogP contribution in [0.3, 0.4) is 0 Å². The monoisotopic (exact) mass is 876 g/mol. The van der Waals surface area contributed by atoms with E-state index in [0.29, 0.717) is 40.5 Å². The first-order valence-electron chi connectivity index (χ1n) is 22.5. The van der Waals surface area contributed by atoms with E-state index in [9.17, 15) is 5.26 Å². The molecular weight excluding hydrogens is 837 g/mol. The van der Waals surface area contributed by atoms with Gasteiger partial charge in [0.2, 0.25) is 0 Å². The predicted octanol–water partition coefficient (Wildman–Crippen LogP) is 13.1. The molecule has 0 atom stereocenters. The summed E-state index contributed by atoms with van der Waals surface area (Å²) in [5.41, 5.74) is 13.1. The van der Waals surface area contributed by atoms with Crippen LogP contribution in [0.5, 0.6) is 0 Å². The van der Waals surface area contributed by atoms with Crippen molar-refractivity contribution in [1.82, 2.24) is 44.0 Å². The first-order chi connectivity index (χ1) is 33.3. The highest BCUT2D eigenvalue weighted by atomic mass is 15.0. The maximum absolute atomic E-state index is 11.7. The molecule has 0 aliphatic rings. The van der Waals surface area contributed by atoms with E-state index in [4.69, 9.17) is 24.9 Å². The van der Waals surface area contributed by atoms with Crippen LogP contribution in [0, 0.1) is 39.0 Å². The van der Waals surface area contributed by atoms with Crippen LogP contribution in [0.4, 0.5) is 0 Å². The maximum Gasteiger partial charge on any atom is 0.163 e. The minimum Gasteiger partial charge on any atom is -0.308 e. The number of aromatic nitrogens is 9. The van der Waals surface area contributed by atoms with Crippen molar-refractivity contribution in [3.05, 3.63) is 199 Å². The summed E-state index contributed by atoms with van der Waals surface area (Å²) in [7, 11) is 0. The SMILES string of the molecule is Cc1nc(C)nc(-c2ccc3c(c2)c2ccccc2n3-c2cc(-c3cc(-c4ccccc4)nc(-c4ccccc4)c3)cc(-n3c4ccccc4c4cc(-c5nc(C)nc(C)n5)ccc43)c2C#N)n1. The molecule has 0 N–H and O–H groups in total. The lowest BCUT2D eigenvalue weighted by Crippen LogP contribution is -2.05. The predicted molar refractivity (Wildman–Crippen MR) is 271 cm³/mol. The van der Waals surface area contributed by atoms with Crippen LogP contribution in [0.15, 0.2) is 170 Å². The molecule has 10 nitrogen and oxygen atoms in total. The second kappa shape index (κ2) is 16.0. The summed E-state index contributed by atoms with van der Waals surface area (Å²) in [6, 6.07) is 61.4. The molecule has 0 unspecified atom stereocenters. The summed E-state index contributed by atoms with van der Waals surface area (Å²) in [5.74, 6) is 3.89. The van der Waals surface area contributed by atoms with E-state index in [2.05, 4.69) is 159 Å². The van der Waals surface area contributed by atoms with Gasteiger partial charge in [-0.2, -0.15) is 5.26 Å². The topological polar surface area (TPSA) is 124 Å². The van der Waals surface area contributed by atoms with Crippen molar-refractivity contribution in [2.45, 2.75) is 27.7 Å². The number of nitriles is 1. The normalized spacial score (nSPS) is 11.5. The molecule has 0 spiro atoms. The minimum atomic E-state index is 0.514. The third kappa shape index (κ3) is 6.84. The lowest BCUT2D eigenvalue weighted by molar-refractivity contribution is 0.928. The van der Waals surface area contributed by atoms with Gasteiger partial charge in [-0.15, -0.1) is 0 Å². The van der Waals surface area contributed by atoms with E-state index in [1.54, 1.807) is 0 Å². The molecule has 0 bridgehead atoms. The molecule has 10 heteroatoms. The Morgan fingerprint density at radius 2 is 0.721 bits per heavy atom. The van der Waals surface area contributed by atoms with Crippen LogP contribution < -0.4 is 0 Å². The van der Waals surface area contributed by atoms with E-state index < -0.39 is 0 Å². The van der Waals surface area contributed by atoms with Crippen molar-refractivity contribution in [2.24, 2.45) is 0 Å². The van der Waals surface area contributed by atoms with Gasteiger partial charge in [-0.25, -0.2) is 34.9 Å². The molecule has 5 aromatic heterocycles. The van der Waals surface area contributed by atoms with Gasteiger partial charge in [0.1, 0.15) is 34.9 Å². The number of hydrogen-bond acceptors (Lipinski definition) is 8. The van der Waals surface area contributed by atoms with Gasteiger partial charge < -0.3 is 9.13 Å². The minimum absolute atomic E-state index is 0.514. The van der Waals surface area contributed by atoms with E-state index in [-0.39, 0.29) is 0 Å². The standard InChI is InChI=1S/C58H40N10/c1-34-60-35(2)63-57(62-34)40-23-25-53-46(27-40)44-19-11-13-21-51(44)67(53)55-31-43(42-29-49(38-15-7-5-8-16-38)66-50(30-42)39-17-9-6-10-18-39)32-56(48(55)33-59)68-52-22-14-12-20-45(52)47-28-41(24-26-54(47)68)58-64-36(3)61-37(4)65-58/h5-32H,1-4H3. The molecule has 0 saturated carbocycles. The first-order valence-corrected chi connectivity index (χ1v) is 22.5. The van der Waals surface area contributed by atoms with Gasteiger partial charge in [0.15, 0.2) is 11.6 Å². The summed E-state index contributed by atoms with van der Waals surface area (Å²) >= 11 is 0. The molecule has 68 heavy (non-hydrogen) atoms. The number of aryl methyl sites for hydroxylation is 4. The third-order valence-corrected chi connectivity index (χ3v) is 12.6. The Hall–Kier alpha value is -9.20. The average Bonchev–Trinajstić information content (AvgIpc) is 3.88. The molecule has 0 aliphatic heterocycles. The lowest BCUT2D eigenvalue weighted by atomic mass is 9.97. The zero-order valence-electron chi connectivity index (χ0n) is 37.6. The number of fused-ring (bicyclic) bond motifs is 6. The highest BCUT2D eigenvalue weighted by molar-refractivity contribution is 6.12. The lowest BCUT2D eigenvalue weighted by Gasteiger charge is -2.19. The van der Waals surface area contributed by atoms with Gasteiger partial charge in [0.05, 0.1) is 44.8 Å².